The summed E-state index contributed by atoms with van der Waals surface area (Å²) >= 11 is 0. The fraction of sp³-hybridized carbons (Fsp3) is 0.545. The minimum absolute atomic E-state index is 0.689. The third-order valence-corrected chi connectivity index (χ3v) is 5.51. The van der Waals surface area contributed by atoms with Gasteiger partial charge in [0.15, 0.2) is 5.96 Å². The Balaban J connectivity index is 1.59. The summed E-state index contributed by atoms with van der Waals surface area (Å²) in [7, 11) is 1.83. The number of para-hydroxylation sites is 1. The molecule has 0 spiro atoms. The molecule has 0 saturated carbocycles. The summed E-state index contributed by atoms with van der Waals surface area (Å²) in [6, 6.07) is 10.5. The maximum absolute atomic E-state index is 4.64. The van der Waals surface area contributed by atoms with E-state index in [0.717, 1.165) is 36.1 Å². The second-order valence-electron chi connectivity index (χ2n) is 7.68. The van der Waals surface area contributed by atoms with Crippen molar-refractivity contribution in [2.45, 2.75) is 40.2 Å². The number of aryl methyl sites for hydroxylation is 2. The molecule has 152 valence electrons. The van der Waals surface area contributed by atoms with Crippen molar-refractivity contribution >= 4 is 5.96 Å². The Morgan fingerprint density at radius 3 is 2.79 bits per heavy atom. The molecule has 0 aliphatic carbocycles. The zero-order valence-corrected chi connectivity index (χ0v) is 17.7. The van der Waals surface area contributed by atoms with E-state index in [1.165, 1.54) is 31.5 Å². The van der Waals surface area contributed by atoms with Gasteiger partial charge < -0.3 is 15.5 Å². The van der Waals surface area contributed by atoms with Crippen LogP contribution in [-0.2, 0) is 6.54 Å². The SMILES string of the molecule is CCN1CCCC(CNC(=NC)NCc2ccccc2-n2nc(C)cc2C)C1. The van der Waals surface area contributed by atoms with Crippen molar-refractivity contribution in [2.75, 3.05) is 33.2 Å². The molecular formula is C22H34N6. The lowest BCUT2D eigenvalue weighted by Gasteiger charge is -2.32. The molecule has 2 aromatic rings. The molecule has 0 bridgehead atoms. The van der Waals surface area contributed by atoms with Gasteiger partial charge >= 0.3 is 0 Å². The fourth-order valence-electron chi connectivity index (χ4n) is 3.99. The molecule has 1 unspecified atom stereocenters. The standard InChI is InChI=1S/C22H34N6/c1-5-27-12-8-9-19(16-27)14-24-22(23-4)25-15-20-10-6-7-11-21(20)28-18(3)13-17(2)26-28/h6-7,10-11,13,19H,5,8-9,12,14-16H2,1-4H3,(H2,23,24,25). The number of aromatic nitrogens is 2. The lowest BCUT2D eigenvalue weighted by atomic mass is 9.98. The predicted molar refractivity (Wildman–Crippen MR) is 116 cm³/mol. The van der Waals surface area contributed by atoms with Crippen molar-refractivity contribution in [3.05, 3.63) is 47.3 Å². The van der Waals surface area contributed by atoms with Gasteiger partial charge in [0, 0.05) is 32.4 Å². The van der Waals surface area contributed by atoms with Gasteiger partial charge in [-0.1, -0.05) is 25.1 Å². The highest BCUT2D eigenvalue weighted by Gasteiger charge is 2.18. The summed E-state index contributed by atoms with van der Waals surface area (Å²) in [6.07, 6.45) is 2.59. The van der Waals surface area contributed by atoms with Crippen LogP contribution in [-0.4, -0.2) is 53.9 Å². The molecule has 6 heteroatoms. The van der Waals surface area contributed by atoms with Gasteiger partial charge in [-0.25, -0.2) is 4.68 Å². The van der Waals surface area contributed by atoms with E-state index in [2.05, 4.69) is 69.8 Å². The molecule has 0 radical (unpaired) electrons. The van der Waals surface area contributed by atoms with Gasteiger partial charge in [0.1, 0.15) is 0 Å². The minimum Gasteiger partial charge on any atom is -0.356 e. The minimum atomic E-state index is 0.689. The fourth-order valence-corrected chi connectivity index (χ4v) is 3.99. The van der Waals surface area contributed by atoms with E-state index < -0.39 is 0 Å². The van der Waals surface area contributed by atoms with Crippen LogP contribution < -0.4 is 10.6 Å². The molecule has 2 heterocycles. The first-order valence-electron chi connectivity index (χ1n) is 10.4. The van der Waals surface area contributed by atoms with E-state index >= 15 is 0 Å². The number of benzene rings is 1. The Labute approximate surface area is 169 Å². The Hall–Kier alpha value is -2.34. The third-order valence-electron chi connectivity index (χ3n) is 5.51. The lowest BCUT2D eigenvalue weighted by Crippen LogP contribution is -2.44. The summed E-state index contributed by atoms with van der Waals surface area (Å²) in [5.41, 5.74) is 4.49. The van der Waals surface area contributed by atoms with Crippen molar-refractivity contribution in [3.63, 3.8) is 0 Å². The van der Waals surface area contributed by atoms with Crippen LogP contribution in [0, 0.1) is 19.8 Å². The molecule has 1 aromatic carbocycles. The number of aliphatic imine (C=N–C) groups is 1. The van der Waals surface area contributed by atoms with Crippen LogP contribution in [0.2, 0.25) is 0 Å². The van der Waals surface area contributed by atoms with Gasteiger partial charge in [-0.15, -0.1) is 0 Å². The number of nitrogens with one attached hydrogen (secondary N) is 2. The van der Waals surface area contributed by atoms with E-state index in [4.69, 9.17) is 0 Å². The molecule has 3 rings (SSSR count). The van der Waals surface area contributed by atoms with Crippen molar-refractivity contribution in [1.29, 1.82) is 0 Å². The molecule has 0 amide bonds. The molecule has 1 aliphatic rings. The third kappa shape index (κ3) is 5.13. The van der Waals surface area contributed by atoms with Crippen LogP contribution in [0.1, 0.15) is 36.7 Å². The summed E-state index contributed by atoms with van der Waals surface area (Å²) < 4.78 is 2.02. The molecule has 2 N–H and O–H groups in total. The van der Waals surface area contributed by atoms with Crippen LogP contribution in [0.15, 0.2) is 35.3 Å². The van der Waals surface area contributed by atoms with E-state index in [-0.39, 0.29) is 0 Å². The summed E-state index contributed by atoms with van der Waals surface area (Å²) in [5, 5.41) is 11.6. The molecule has 1 aromatic heterocycles. The average Bonchev–Trinajstić information content (AvgIpc) is 3.06. The van der Waals surface area contributed by atoms with Crippen LogP contribution in [0.25, 0.3) is 5.69 Å². The van der Waals surface area contributed by atoms with Crippen molar-refractivity contribution in [2.24, 2.45) is 10.9 Å². The van der Waals surface area contributed by atoms with Crippen LogP contribution in [0.4, 0.5) is 0 Å². The first kappa shape index (κ1) is 20.4. The number of nitrogens with zero attached hydrogens (tertiary/aromatic N) is 4. The van der Waals surface area contributed by atoms with Gasteiger partial charge in [0.05, 0.1) is 11.4 Å². The first-order valence-corrected chi connectivity index (χ1v) is 10.4. The maximum atomic E-state index is 4.64. The first-order chi connectivity index (χ1) is 13.6. The Bertz CT molecular complexity index is 794. The van der Waals surface area contributed by atoms with Gasteiger partial charge in [0.2, 0.25) is 0 Å². The average molecular weight is 383 g/mol. The molecule has 6 nitrogen and oxygen atoms in total. The van der Waals surface area contributed by atoms with E-state index in [9.17, 15) is 0 Å². The number of hydrogen-bond acceptors (Lipinski definition) is 3. The van der Waals surface area contributed by atoms with Gasteiger partial charge in [0.25, 0.3) is 0 Å². The molecule has 1 atom stereocenters. The summed E-state index contributed by atoms with van der Waals surface area (Å²) in [6.45, 7) is 11.6. The molecular weight excluding hydrogens is 348 g/mol. The summed E-state index contributed by atoms with van der Waals surface area (Å²) in [4.78, 5) is 6.95. The highest BCUT2D eigenvalue weighted by molar-refractivity contribution is 5.79. The van der Waals surface area contributed by atoms with Crippen LogP contribution >= 0.6 is 0 Å². The van der Waals surface area contributed by atoms with Gasteiger partial charge in [-0.2, -0.15) is 5.10 Å². The van der Waals surface area contributed by atoms with E-state index in [1.54, 1.807) is 0 Å². The van der Waals surface area contributed by atoms with Crippen molar-refractivity contribution in [1.82, 2.24) is 25.3 Å². The topological polar surface area (TPSA) is 57.5 Å². The van der Waals surface area contributed by atoms with Gasteiger partial charge in [-0.05, 0) is 63.4 Å². The quantitative estimate of drug-likeness (QED) is 0.596. The smallest absolute Gasteiger partial charge is 0.191 e. The number of piperidine rings is 1. The maximum Gasteiger partial charge on any atom is 0.191 e. The lowest BCUT2D eigenvalue weighted by molar-refractivity contribution is 0.183. The highest BCUT2D eigenvalue weighted by atomic mass is 15.3. The number of guanidine groups is 1. The second-order valence-corrected chi connectivity index (χ2v) is 7.68. The zero-order valence-electron chi connectivity index (χ0n) is 17.7. The predicted octanol–water partition coefficient (Wildman–Crippen LogP) is 2.89. The molecule has 1 aliphatic heterocycles. The number of likely N-dealkylation sites (tertiary alicyclic amines) is 1. The van der Waals surface area contributed by atoms with Gasteiger partial charge in [-0.3, -0.25) is 4.99 Å². The molecule has 1 fully saturated rings. The van der Waals surface area contributed by atoms with Crippen LogP contribution in [0.3, 0.4) is 0 Å². The van der Waals surface area contributed by atoms with Crippen molar-refractivity contribution < 1.29 is 0 Å². The Morgan fingerprint density at radius 2 is 2.07 bits per heavy atom. The van der Waals surface area contributed by atoms with Crippen LogP contribution in [0.5, 0.6) is 0 Å². The molecule has 1 saturated heterocycles. The Morgan fingerprint density at radius 1 is 1.25 bits per heavy atom. The second kappa shape index (κ2) is 9.73. The Kier molecular flexibility index (Phi) is 7.09. The van der Waals surface area contributed by atoms with E-state index in [1.807, 2.05) is 18.7 Å². The summed E-state index contributed by atoms with van der Waals surface area (Å²) in [5.74, 6) is 1.55. The normalized spacial score (nSPS) is 18.3. The number of rotatable bonds is 6. The monoisotopic (exact) mass is 382 g/mol. The van der Waals surface area contributed by atoms with Crippen molar-refractivity contribution in [3.8, 4) is 5.69 Å². The largest absolute Gasteiger partial charge is 0.356 e. The van der Waals surface area contributed by atoms with E-state index in [0.29, 0.717) is 12.5 Å². The highest BCUT2D eigenvalue weighted by Crippen LogP contribution is 2.17. The zero-order chi connectivity index (χ0) is 19.9. The number of hydrogen-bond donors (Lipinski definition) is 2. The molecule has 28 heavy (non-hydrogen) atoms.